The SMILES string of the molecule is COC1=CC(=O)OC2(C1)Cc1ccccc1C2. The van der Waals surface area contributed by atoms with E-state index >= 15 is 0 Å². The Labute approximate surface area is 100 Å². The van der Waals surface area contributed by atoms with E-state index in [0.29, 0.717) is 12.2 Å². The van der Waals surface area contributed by atoms with Gasteiger partial charge in [0.15, 0.2) is 0 Å². The molecule has 3 heteroatoms. The normalized spacial score (nSPS) is 20.8. The van der Waals surface area contributed by atoms with Crippen molar-refractivity contribution >= 4 is 5.97 Å². The Kier molecular flexibility index (Phi) is 2.21. The second-order valence-electron chi connectivity index (χ2n) is 4.72. The van der Waals surface area contributed by atoms with E-state index in [1.54, 1.807) is 7.11 Å². The first-order valence-electron chi connectivity index (χ1n) is 5.75. The first-order chi connectivity index (χ1) is 8.21. The van der Waals surface area contributed by atoms with Crippen LogP contribution in [0.1, 0.15) is 17.5 Å². The van der Waals surface area contributed by atoms with Gasteiger partial charge in [0.1, 0.15) is 11.4 Å². The number of carbonyl (C=O) groups is 1. The van der Waals surface area contributed by atoms with Crippen molar-refractivity contribution in [2.45, 2.75) is 24.9 Å². The van der Waals surface area contributed by atoms with Gasteiger partial charge in [-0.1, -0.05) is 24.3 Å². The van der Waals surface area contributed by atoms with Gasteiger partial charge in [0.25, 0.3) is 0 Å². The number of carbonyl (C=O) groups excluding carboxylic acids is 1. The van der Waals surface area contributed by atoms with Crippen LogP contribution < -0.4 is 0 Å². The number of hydrogen-bond acceptors (Lipinski definition) is 3. The third kappa shape index (κ3) is 1.71. The van der Waals surface area contributed by atoms with Crippen LogP contribution >= 0.6 is 0 Å². The lowest BCUT2D eigenvalue weighted by atomic mass is 9.92. The van der Waals surface area contributed by atoms with Crippen molar-refractivity contribution < 1.29 is 14.3 Å². The minimum atomic E-state index is -0.416. The van der Waals surface area contributed by atoms with Crippen molar-refractivity contribution in [3.8, 4) is 0 Å². The number of ether oxygens (including phenoxy) is 2. The summed E-state index contributed by atoms with van der Waals surface area (Å²) in [6.45, 7) is 0. The van der Waals surface area contributed by atoms with Crippen LogP contribution in [0.4, 0.5) is 0 Å². The zero-order valence-electron chi connectivity index (χ0n) is 9.73. The average Bonchev–Trinajstić information content (AvgIpc) is 2.64. The minimum absolute atomic E-state index is 0.291. The van der Waals surface area contributed by atoms with Gasteiger partial charge in [-0.05, 0) is 11.1 Å². The molecular formula is C14H14O3. The molecule has 1 aromatic carbocycles. The van der Waals surface area contributed by atoms with Crippen molar-refractivity contribution in [2.75, 3.05) is 7.11 Å². The van der Waals surface area contributed by atoms with Crippen molar-refractivity contribution in [1.29, 1.82) is 0 Å². The molecule has 2 aliphatic rings. The number of hydrogen-bond donors (Lipinski definition) is 0. The lowest BCUT2D eigenvalue weighted by Gasteiger charge is -2.32. The Morgan fingerprint density at radius 2 is 1.82 bits per heavy atom. The fraction of sp³-hybridized carbons (Fsp3) is 0.357. The predicted molar refractivity (Wildman–Crippen MR) is 62.4 cm³/mol. The number of rotatable bonds is 1. The van der Waals surface area contributed by atoms with Gasteiger partial charge in [0.2, 0.25) is 0 Å². The van der Waals surface area contributed by atoms with Crippen LogP contribution in [0, 0.1) is 0 Å². The van der Waals surface area contributed by atoms with E-state index in [9.17, 15) is 4.79 Å². The zero-order chi connectivity index (χ0) is 11.9. The quantitative estimate of drug-likeness (QED) is 0.692. The molecule has 0 saturated carbocycles. The Bertz CT molecular complexity index is 477. The minimum Gasteiger partial charge on any atom is -0.501 e. The maximum atomic E-state index is 11.6. The van der Waals surface area contributed by atoms with Crippen molar-refractivity contribution in [3.63, 3.8) is 0 Å². The summed E-state index contributed by atoms with van der Waals surface area (Å²) < 4.78 is 10.8. The Morgan fingerprint density at radius 1 is 1.18 bits per heavy atom. The van der Waals surface area contributed by atoms with Gasteiger partial charge in [0, 0.05) is 19.3 Å². The summed E-state index contributed by atoms with van der Waals surface area (Å²) in [6.07, 6.45) is 3.68. The van der Waals surface area contributed by atoms with Crippen molar-refractivity contribution in [2.24, 2.45) is 0 Å². The number of methoxy groups -OCH3 is 1. The van der Waals surface area contributed by atoms with Crippen LogP contribution in [0.15, 0.2) is 36.1 Å². The molecule has 1 aliphatic carbocycles. The molecule has 1 aromatic rings. The first-order valence-corrected chi connectivity index (χ1v) is 5.75. The molecule has 88 valence electrons. The molecule has 1 aliphatic heterocycles. The van der Waals surface area contributed by atoms with Crippen LogP contribution in [0.2, 0.25) is 0 Å². The van der Waals surface area contributed by atoms with Gasteiger partial charge in [-0.25, -0.2) is 4.79 Å². The maximum absolute atomic E-state index is 11.6. The van der Waals surface area contributed by atoms with Gasteiger partial charge in [-0.15, -0.1) is 0 Å². The maximum Gasteiger partial charge on any atom is 0.334 e. The Balaban J connectivity index is 1.92. The third-order valence-corrected chi connectivity index (χ3v) is 3.50. The van der Waals surface area contributed by atoms with Gasteiger partial charge in [0.05, 0.1) is 13.2 Å². The smallest absolute Gasteiger partial charge is 0.334 e. The van der Waals surface area contributed by atoms with E-state index in [4.69, 9.17) is 9.47 Å². The molecule has 17 heavy (non-hydrogen) atoms. The summed E-state index contributed by atoms with van der Waals surface area (Å²) in [7, 11) is 1.60. The fourth-order valence-corrected chi connectivity index (χ4v) is 2.77. The second kappa shape index (κ2) is 3.62. The molecule has 0 fully saturated rings. The van der Waals surface area contributed by atoms with E-state index in [1.807, 2.05) is 12.1 Å². The van der Waals surface area contributed by atoms with Crippen molar-refractivity contribution in [3.05, 3.63) is 47.2 Å². The van der Waals surface area contributed by atoms with Crippen LogP contribution in [-0.2, 0) is 27.1 Å². The molecule has 0 bridgehead atoms. The van der Waals surface area contributed by atoms with E-state index in [0.717, 1.165) is 12.8 Å². The molecule has 0 unspecified atom stereocenters. The highest BCUT2D eigenvalue weighted by Gasteiger charge is 2.43. The summed E-state index contributed by atoms with van der Waals surface area (Å²) >= 11 is 0. The van der Waals surface area contributed by atoms with E-state index < -0.39 is 5.60 Å². The zero-order valence-corrected chi connectivity index (χ0v) is 9.73. The van der Waals surface area contributed by atoms with E-state index in [2.05, 4.69) is 12.1 Å². The molecule has 3 rings (SSSR count). The molecule has 1 spiro atoms. The van der Waals surface area contributed by atoms with Gasteiger partial charge in [-0.3, -0.25) is 0 Å². The molecular weight excluding hydrogens is 216 g/mol. The molecule has 0 radical (unpaired) electrons. The summed E-state index contributed by atoms with van der Waals surface area (Å²) in [5.74, 6) is 0.426. The highest BCUT2D eigenvalue weighted by molar-refractivity contribution is 5.84. The lowest BCUT2D eigenvalue weighted by molar-refractivity contribution is -0.156. The number of esters is 1. The van der Waals surface area contributed by atoms with E-state index in [1.165, 1.54) is 17.2 Å². The molecule has 0 saturated heterocycles. The lowest BCUT2D eigenvalue weighted by Crippen LogP contribution is -2.39. The van der Waals surface area contributed by atoms with Crippen LogP contribution in [0.5, 0.6) is 0 Å². The van der Waals surface area contributed by atoms with Crippen LogP contribution in [-0.4, -0.2) is 18.7 Å². The van der Waals surface area contributed by atoms with Crippen molar-refractivity contribution in [1.82, 2.24) is 0 Å². The molecule has 0 atom stereocenters. The van der Waals surface area contributed by atoms with Gasteiger partial charge in [-0.2, -0.15) is 0 Å². The summed E-state index contributed by atoms with van der Waals surface area (Å²) in [5, 5.41) is 0. The number of benzene rings is 1. The molecule has 0 N–H and O–H groups in total. The summed E-state index contributed by atoms with van der Waals surface area (Å²) in [4.78, 5) is 11.6. The summed E-state index contributed by atoms with van der Waals surface area (Å²) in [6, 6.07) is 8.25. The van der Waals surface area contributed by atoms with Gasteiger partial charge >= 0.3 is 5.97 Å². The fourth-order valence-electron chi connectivity index (χ4n) is 2.77. The van der Waals surface area contributed by atoms with Gasteiger partial charge < -0.3 is 9.47 Å². The molecule has 1 heterocycles. The van der Waals surface area contributed by atoms with E-state index in [-0.39, 0.29) is 5.97 Å². The molecule has 0 aromatic heterocycles. The monoisotopic (exact) mass is 230 g/mol. The average molecular weight is 230 g/mol. The Hall–Kier alpha value is -1.77. The van der Waals surface area contributed by atoms with Crippen LogP contribution in [0.25, 0.3) is 0 Å². The second-order valence-corrected chi connectivity index (χ2v) is 4.72. The van der Waals surface area contributed by atoms with Crippen LogP contribution in [0.3, 0.4) is 0 Å². The third-order valence-electron chi connectivity index (χ3n) is 3.50. The number of fused-ring (bicyclic) bond motifs is 1. The Morgan fingerprint density at radius 3 is 2.41 bits per heavy atom. The standard InChI is InChI=1S/C14H14O3/c1-16-12-6-13(15)17-14(9-12)7-10-4-2-3-5-11(10)8-14/h2-6H,7-9H2,1H3. The molecule has 0 amide bonds. The predicted octanol–water partition coefficient (Wildman–Crippen LogP) is 2.00. The highest BCUT2D eigenvalue weighted by Crippen LogP contribution is 2.39. The first kappa shape index (κ1) is 10.4. The highest BCUT2D eigenvalue weighted by atomic mass is 16.6. The molecule has 3 nitrogen and oxygen atoms in total. The largest absolute Gasteiger partial charge is 0.501 e. The summed E-state index contributed by atoms with van der Waals surface area (Å²) in [5.41, 5.74) is 2.14. The topological polar surface area (TPSA) is 35.5 Å².